The van der Waals surface area contributed by atoms with Crippen molar-refractivity contribution in [1.82, 2.24) is 24.8 Å². The van der Waals surface area contributed by atoms with Crippen molar-refractivity contribution in [3.05, 3.63) is 149 Å². The second-order valence-corrected chi connectivity index (χ2v) is 20.5. The lowest BCUT2D eigenvalue weighted by Gasteiger charge is -2.34. The third-order valence-electron chi connectivity index (χ3n) is 16.1. The molecule has 418 valence electrons. The number of aromatic amines is 2. The lowest BCUT2D eigenvalue weighted by Crippen LogP contribution is -2.28. The number of nitrogens with two attached hydrogens (primary N) is 1. The number of H-pyrrole nitrogens is 2. The van der Waals surface area contributed by atoms with E-state index in [1.54, 1.807) is 33.5 Å². The summed E-state index contributed by atoms with van der Waals surface area (Å²) < 4.78 is 43.2. The fourth-order valence-corrected chi connectivity index (χ4v) is 12.1. The van der Waals surface area contributed by atoms with Gasteiger partial charge in [0.15, 0.2) is 0 Å². The van der Waals surface area contributed by atoms with E-state index >= 15 is 8.78 Å². The lowest BCUT2D eigenvalue weighted by atomic mass is 9.76. The summed E-state index contributed by atoms with van der Waals surface area (Å²) in [6.45, 7) is 30.0. The second kappa shape index (κ2) is 29.4. The molecular weight excluding hydrogens is 969 g/mol. The molecule has 4 fully saturated rings. The minimum absolute atomic E-state index is 0.107. The monoisotopic (exact) mass is 1060 g/mol. The molecular formula is C64H89F2N7O4. The van der Waals surface area contributed by atoms with Gasteiger partial charge < -0.3 is 49.5 Å². The van der Waals surface area contributed by atoms with Gasteiger partial charge >= 0.3 is 0 Å². The Hall–Kier alpha value is -6.31. The van der Waals surface area contributed by atoms with Gasteiger partial charge in [-0.1, -0.05) is 92.0 Å². The Balaban J connectivity index is 0.000000931. The first-order chi connectivity index (χ1) is 37.4. The number of carbonyl (C=O) groups is 2. The number of nitrogens with zero attached hydrogens (tertiary/aromatic N) is 4. The number of benzene rings is 4. The van der Waals surface area contributed by atoms with Gasteiger partial charge in [-0.3, -0.25) is 0 Å². The molecule has 3 saturated heterocycles. The van der Waals surface area contributed by atoms with Gasteiger partial charge in [0, 0.05) is 67.7 Å². The number of carbonyl (C=O) groups excluding carboxylic acids is 2. The number of fused-ring (bicyclic) bond motifs is 2. The third-order valence-corrected chi connectivity index (χ3v) is 16.1. The fraction of sp³-hybridized carbons (Fsp3) is 0.484. The van der Waals surface area contributed by atoms with E-state index in [9.17, 15) is 0 Å². The van der Waals surface area contributed by atoms with Crippen LogP contribution in [0.25, 0.3) is 21.9 Å². The Morgan fingerprint density at radius 3 is 1.77 bits per heavy atom. The average Bonchev–Trinajstić information content (AvgIpc) is 4.35. The summed E-state index contributed by atoms with van der Waals surface area (Å²) in [6.07, 6.45) is 9.19. The van der Waals surface area contributed by atoms with Crippen molar-refractivity contribution in [2.24, 2.45) is 17.6 Å². The highest BCUT2D eigenvalue weighted by Gasteiger charge is 2.39. The molecule has 0 amide bonds. The zero-order valence-corrected chi connectivity index (χ0v) is 47.9. The smallest absolute Gasteiger partial charge is 0.131 e. The Labute approximate surface area is 458 Å². The molecule has 0 radical (unpaired) electrons. The van der Waals surface area contributed by atoms with Crippen LogP contribution >= 0.6 is 0 Å². The first-order valence-electron chi connectivity index (χ1n) is 28.0. The van der Waals surface area contributed by atoms with Gasteiger partial charge in [0.05, 0.1) is 42.3 Å². The van der Waals surface area contributed by atoms with Crippen LogP contribution in [0.4, 0.5) is 14.5 Å². The third kappa shape index (κ3) is 13.7. The number of anilines is 1. The minimum atomic E-state index is -0.449. The van der Waals surface area contributed by atoms with Crippen LogP contribution in [0.1, 0.15) is 182 Å². The molecule has 0 bridgehead atoms. The zero-order valence-electron chi connectivity index (χ0n) is 47.9. The highest BCUT2D eigenvalue weighted by atomic mass is 19.1. The Morgan fingerprint density at radius 2 is 1.19 bits per heavy atom. The molecule has 0 spiro atoms. The minimum Gasteiger partial charge on any atom is -0.497 e. The Kier molecular flexibility index (Phi) is 23.5. The van der Waals surface area contributed by atoms with Crippen molar-refractivity contribution in [1.29, 1.82) is 0 Å². The van der Waals surface area contributed by atoms with Crippen molar-refractivity contribution in [3.8, 4) is 5.75 Å². The SMILES string of the molecule is C=C(CN)N1CCC[C@H]1c1cc2ccc([C@H]3CC[C@H](c4ccc5nc([C@@H]6CCCN6C(=C)[C@@H](C)C(C)C)[nH]c5c4)N3c3cc(F)c(C4CCC(c5ccc(OC)cc5)CC4)c(F)c3)cc2[nH]1.C=O.C=O.CC.CC.COC. The maximum atomic E-state index is 16.8. The number of aromatic nitrogens is 3. The van der Waals surface area contributed by atoms with E-state index in [4.69, 9.17) is 25.0 Å². The molecule has 2 aromatic heterocycles. The largest absolute Gasteiger partial charge is 0.497 e. The van der Waals surface area contributed by atoms with Gasteiger partial charge in [0.2, 0.25) is 0 Å². The number of methoxy groups -OCH3 is 2. The first kappa shape index (κ1) is 61.5. The second-order valence-electron chi connectivity index (χ2n) is 20.5. The Morgan fingerprint density at radius 1 is 0.662 bits per heavy atom. The molecule has 77 heavy (non-hydrogen) atoms. The van der Waals surface area contributed by atoms with Crippen molar-refractivity contribution in [2.75, 3.05) is 45.9 Å². The summed E-state index contributed by atoms with van der Waals surface area (Å²) in [5.41, 5.74) is 16.6. The molecule has 3 aliphatic heterocycles. The van der Waals surface area contributed by atoms with Crippen LogP contribution in [-0.4, -0.2) is 79.3 Å². The molecule has 11 nitrogen and oxygen atoms in total. The van der Waals surface area contributed by atoms with E-state index in [2.05, 4.69) is 118 Å². The quantitative estimate of drug-likeness (QED) is 0.103. The fourth-order valence-electron chi connectivity index (χ4n) is 12.1. The molecule has 1 aliphatic carbocycles. The van der Waals surface area contributed by atoms with E-state index in [-0.39, 0.29) is 35.6 Å². The summed E-state index contributed by atoms with van der Waals surface area (Å²) in [4.78, 5) is 35.7. The molecule has 6 aromatic rings. The molecule has 5 atom stereocenters. The van der Waals surface area contributed by atoms with E-state index < -0.39 is 11.6 Å². The van der Waals surface area contributed by atoms with Gasteiger partial charge in [-0.2, -0.15) is 0 Å². The number of nitrogens with one attached hydrogen (secondary N) is 2. The maximum Gasteiger partial charge on any atom is 0.131 e. The molecule has 4 aromatic carbocycles. The van der Waals surface area contributed by atoms with Gasteiger partial charge in [-0.25, -0.2) is 13.8 Å². The predicted octanol–water partition coefficient (Wildman–Crippen LogP) is 15.4. The van der Waals surface area contributed by atoms with Crippen LogP contribution in [0, 0.1) is 23.5 Å². The van der Waals surface area contributed by atoms with Crippen LogP contribution in [0.15, 0.2) is 103 Å². The number of hydrogen-bond acceptors (Lipinski definition) is 9. The molecule has 4 N–H and O–H groups in total. The van der Waals surface area contributed by atoms with Crippen LogP contribution in [0.2, 0.25) is 0 Å². The number of rotatable bonds is 13. The molecule has 1 saturated carbocycles. The number of imidazole rings is 1. The number of allylic oxidation sites excluding steroid dienone is 1. The molecule has 4 aliphatic rings. The van der Waals surface area contributed by atoms with Crippen molar-refractivity contribution >= 4 is 41.2 Å². The predicted molar refractivity (Wildman–Crippen MR) is 313 cm³/mol. The van der Waals surface area contributed by atoms with Gasteiger partial charge in [0.1, 0.15) is 36.8 Å². The highest BCUT2D eigenvalue weighted by molar-refractivity contribution is 5.82. The van der Waals surface area contributed by atoms with E-state index in [1.165, 1.54) is 17.0 Å². The summed E-state index contributed by atoms with van der Waals surface area (Å²) in [5.74, 6) is 2.00. The lowest BCUT2D eigenvalue weighted by molar-refractivity contribution is -0.0987. The van der Waals surface area contributed by atoms with Crippen LogP contribution in [0.5, 0.6) is 5.75 Å². The summed E-state index contributed by atoms with van der Waals surface area (Å²) in [6, 6.07) is 27.1. The molecule has 13 heteroatoms. The zero-order chi connectivity index (χ0) is 56.5. The number of likely N-dealkylation sites (tertiary alicyclic amines) is 2. The van der Waals surface area contributed by atoms with Gasteiger partial charge in [0.25, 0.3) is 0 Å². The number of hydrogen-bond donors (Lipinski definition) is 3. The summed E-state index contributed by atoms with van der Waals surface area (Å²) in [5, 5.41) is 1.15. The van der Waals surface area contributed by atoms with Crippen molar-refractivity contribution in [3.63, 3.8) is 0 Å². The molecule has 10 rings (SSSR count). The van der Waals surface area contributed by atoms with Crippen LogP contribution in [-0.2, 0) is 14.3 Å². The molecule has 5 heterocycles. The van der Waals surface area contributed by atoms with Crippen LogP contribution in [0.3, 0.4) is 0 Å². The standard InChI is InChI=1S/C56H67F2N7O.C2H6O.2C2H6.2CH2O/c1-33(2)35(4)36(5)64-26-8-10-54(64)56-61-47-22-19-42(29-49(47)62-56)52-24-23-51(41-16-15-40-27-50(60-48(40)28-41)53-9-7-25-63(53)34(3)32-59)65(52)43-30-45(57)55(46(58)31-43)39-13-11-37(12-14-39)38-17-20-44(66-6)21-18-38;1-3-2;4*1-2/h15-22,27-31,33,35,37,39,51-54,60H,3,5,7-14,23-26,32,59H2,1-2,4,6H3,(H,61,62);1-2H3;2*1-2H3;2*1H2/t35-,37?,39?,51+,52+,53-,54-;;;;;/m0...../s1. The van der Waals surface area contributed by atoms with Crippen molar-refractivity contribution in [2.45, 2.75) is 149 Å². The number of halogens is 2. The van der Waals surface area contributed by atoms with E-state index in [0.29, 0.717) is 30.0 Å². The summed E-state index contributed by atoms with van der Waals surface area (Å²) >= 11 is 0. The topological polar surface area (TPSA) is 133 Å². The Bertz CT molecular complexity index is 2780. The average molecular weight is 1060 g/mol. The van der Waals surface area contributed by atoms with Crippen LogP contribution < -0.4 is 15.4 Å². The number of ether oxygens (including phenoxy) is 2. The maximum absolute atomic E-state index is 16.8. The van der Waals surface area contributed by atoms with Gasteiger partial charge in [-0.15, -0.1) is 0 Å². The highest BCUT2D eigenvalue weighted by Crippen LogP contribution is 2.50. The molecule has 0 unspecified atom stereocenters. The van der Waals surface area contributed by atoms with Gasteiger partial charge in [-0.05, 0) is 158 Å². The first-order valence-corrected chi connectivity index (χ1v) is 28.0. The normalized spacial score (nSPS) is 21.1. The van der Waals surface area contributed by atoms with Crippen molar-refractivity contribution < 1.29 is 27.8 Å². The summed E-state index contributed by atoms with van der Waals surface area (Å²) in [7, 11) is 4.92. The van der Waals surface area contributed by atoms with E-state index in [1.807, 2.05) is 53.4 Å². The van der Waals surface area contributed by atoms with E-state index in [0.717, 1.165) is 128 Å².